The van der Waals surface area contributed by atoms with E-state index in [1.54, 1.807) is 40.1 Å². The molecular formula is C40H40N6O7. The van der Waals surface area contributed by atoms with Crippen LogP contribution in [0.2, 0.25) is 0 Å². The van der Waals surface area contributed by atoms with E-state index in [4.69, 9.17) is 0 Å². The molecule has 0 bridgehead atoms. The predicted octanol–water partition coefficient (Wildman–Crippen LogP) is 4.95. The van der Waals surface area contributed by atoms with Gasteiger partial charge < -0.3 is 35.6 Å². The number of hydrogen-bond acceptors (Lipinski definition) is 7. The Bertz CT molecular complexity index is 2100. The quantitative estimate of drug-likeness (QED) is 0.0935. The fraction of sp³-hybridized carbons (Fsp3) is 0.250. The Labute approximate surface area is 305 Å². The van der Waals surface area contributed by atoms with Crippen LogP contribution in [-0.4, -0.2) is 85.3 Å². The third kappa shape index (κ3) is 9.06. The van der Waals surface area contributed by atoms with Crippen LogP contribution in [0.5, 0.6) is 0 Å². The van der Waals surface area contributed by atoms with Crippen molar-refractivity contribution in [1.29, 1.82) is 0 Å². The van der Waals surface area contributed by atoms with E-state index in [1.807, 2.05) is 54.6 Å². The van der Waals surface area contributed by atoms with Gasteiger partial charge in [-0.2, -0.15) is 0 Å². The highest BCUT2D eigenvalue weighted by atomic mass is 16.4. The number of aliphatic carboxylic acids is 1. The molecule has 0 radical (unpaired) electrons. The number of anilines is 1. The van der Waals surface area contributed by atoms with Gasteiger partial charge in [0, 0.05) is 37.4 Å². The molecule has 13 heteroatoms. The summed E-state index contributed by atoms with van der Waals surface area (Å²) in [5.74, 6) is -2.75. The normalized spacial score (nSPS) is 13.8. The van der Waals surface area contributed by atoms with Gasteiger partial charge in [-0.05, 0) is 72.9 Å². The Balaban J connectivity index is 1.19. The number of nitrogens with zero attached hydrogens (tertiary/aromatic N) is 3. The molecule has 0 fully saturated rings. The van der Waals surface area contributed by atoms with Gasteiger partial charge in [-0.25, -0.2) is 9.78 Å². The van der Waals surface area contributed by atoms with Gasteiger partial charge in [0.25, 0.3) is 11.8 Å². The highest BCUT2D eigenvalue weighted by Crippen LogP contribution is 2.27. The van der Waals surface area contributed by atoms with Crippen LogP contribution >= 0.6 is 0 Å². The average Bonchev–Trinajstić information content (AvgIpc) is 3.52. The molecule has 0 aliphatic carbocycles. The molecule has 272 valence electrons. The number of carboxylic acids is 2. The van der Waals surface area contributed by atoms with Crippen LogP contribution in [0.1, 0.15) is 67.3 Å². The number of fused-ring (bicyclic) bond motifs is 2. The number of benzene rings is 4. The average molecular weight is 717 g/mol. The van der Waals surface area contributed by atoms with E-state index in [1.165, 1.54) is 12.1 Å². The zero-order valence-electron chi connectivity index (χ0n) is 29.0. The summed E-state index contributed by atoms with van der Waals surface area (Å²) in [4.78, 5) is 75.1. The van der Waals surface area contributed by atoms with Crippen LogP contribution < -0.4 is 10.6 Å². The first-order valence-corrected chi connectivity index (χ1v) is 17.4. The van der Waals surface area contributed by atoms with Crippen LogP contribution in [0.25, 0.3) is 11.0 Å². The first-order chi connectivity index (χ1) is 25.7. The number of imidazole rings is 1. The Hall–Kier alpha value is -6.50. The molecule has 0 saturated heterocycles. The standard InChI is InChI=1S/C40H40N6O7/c47-36(48)23-34-39(51)46(21-18-26-10-2-1-3-11-26)24-28-22-27(16-17-31(28)42-34)38(50)45(25-35-43-32-14-6-7-15-33(32)44-35)20-9-8-19-41-37(49)29-12-4-5-13-30(29)40(52)53/h1-7,10-17,22,34,42H,8-9,18-21,23-25H2,(H,41,49)(H,43,44)(H,47,48)(H,52,53). The number of H-pyrrole nitrogens is 1. The third-order valence-corrected chi connectivity index (χ3v) is 9.15. The summed E-state index contributed by atoms with van der Waals surface area (Å²) in [7, 11) is 0. The Morgan fingerprint density at radius 3 is 2.38 bits per heavy atom. The van der Waals surface area contributed by atoms with E-state index < -0.39 is 30.3 Å². The number of hydrogen-bond donors (Lipinski definition) is 5. The molecule has 4 aromatic carbocycles. The van der Waals surface area contributed by atoms with Crippen molar-refractivity contribution in [3.63, 3.8) is 0 Å². The second-order valence-electron chi connectivity index (χ2n) is 12.9. The van der Waals surface area contributed by atoms with Crippen molar-refractivity contribution in [3.8, 4) is 0 Å². The summed E-state index contributed by atoms with van der Waals surface area (Å²) in [5, 5.41) is 24.9. The van der Waals surface area contributed by atoms with Gasteiger partial charge in [0.05, 0.1) is 35.1 Å². The maximum absolute atomic E-state index is 14.2. The lowest BCUT2D eigenvalue weighted by Crippen LogP contribution is -2.42. The molecule has 5 N–H and O–H groups in total. The van der Waals surface area contributed by atoms with Gasteiger partial charge >= 0.3 is 11.9 Å². The summed E-state index contributed by atoms with van der Waals surface area (Å²) in [6.45, 7) is 1.35. The van der Waals surface area contributed by atoms with Crippen molar-refractivity contribution < 1.29 is 34.2 Å². The number of nitrogens with one attached hydrogen (secondary N) is 3. The lowest BCUT2D eigenvalue weighted by Gasteiger charge is -2.24. The highest BCUT2D eigenvalue weighted by molar-refractivity contribution is 6.04. The van der Waals surface area contributed by atoms with Crippen LogP contribution in [0.3, 0.4) is 0 Å². The Morgan fingerprint density at radius 1 is 0.887 bits per heavy atom. The van der Waals surface area contributed by atoms with Crippen LogP contribution in [0.15, 0.2) is 97.1 Å². The summed E-state index contributed by atoms with van der Waals surface area (Å²) >= 11 is 0. The minimum absolute atomic E-state index is 0.0778. The number of para-hydroxylation sites is 2. The van der Waals surface area contributed by atoms with E-state index in [9.17, 15) is 34.2 Å². The highest BCUT2D eigenvalue weighted by Gasteiger charge is 2.31. The number of amides is 3. The van der Waals surface area contributed by atoms with Gasteiger partial charge in [0.2, 0.25) is 5.91 Å². The smallest absolute Gasteiger partial charge is 0.336 e. The second kappa shape index (κ2) is 16.7. The van der Waals surface area contributed by atoms with E-state index in [0.717, 1.165) is 16.6 Å². The minimum atomic E-state index is -1.18. The van der Waals surface area contributed by atoms with Gasteiger partial charge in [-0.1, -0.05) is 54.6 Å². The van der Waals surface area contributed by atoms with Crippen molar-refractivity contribution in [2.45, 2.75) is 44.8 Å². The van der Waals surface area contributed by atoms with Crippen molar-refractivity contribution in [2.24, 2.45) is 0 Å². The lowest BCUT2D eigenvalue weighted by atomic mass is 10.1. The van der Waals surface area contributed by atoms with Crippen molar-refractivity contribution >= 4 is 46.4 Å². The molecule has 1 aromatic heterocycles. The first kappa shape index (κ1) is 36.3. The maximum Gasteiger partial charge on any atom is 0.336 e. The number of aromatic carboxylic acids is 1. The molecule has 2 heterocycles. The van der Waals surface area contributed by atoms with E-state index in [-0.39, 0.29) is 42.6 Å². The summed E-state index contributed by atoms with van der Waals surface area (Å²) < 4.78 is 0. The number of aromatic amines is 1. The van der Waals surface area contributed by atoms with Crippen molar-refractivity contribution in [2.75, 3.05) is 25.0 Å². The van der Waals surface area contributed by atoms with Crippen LogP contribution in [-0.2, 0) is 29.1 Å². The molecule has 6 rings (SSSR count). The SMILES string of the molecule is O=C(O)CC1Nc2ccc(C(=O)N(CCCCNC(=O)c3ccccc3C(=O)O)Cc3nc4ccccc4[nH]3)cc2CN(CCc2ccccc2)C1=O. The fourth-order valence-corrected chi connectivity index (χ4v) is 6.45. The molecule has 53 heavy (non-hydrogen) atoms. The molecule has 3 amide bonds. The summed E-state index contributed by atoms with van der Waals surface area (Å²) in [6.07, 6.45) is 1.23. The van der Waals surface area contributed by atoms with E-state index in [2.05, 4.69) is 20.6 Å². The largest absolute Gasteiger partial charge is 0.481 e. The molecule has 5 aromatic rings. The monoisotopic (exact) mass is 716 g/mol. The van der Waals surface area contributed by atoms with E-state index >= 15 is 0 Å². The minimum Gasteiger partial charge on any atom is -0.481 e. The number of carboxylic acid groups (broad SMARTS) is 2. The number of carbonyl (C=O) groups excluding carboxylic acids is 3. The number of rotatable bonds is 15. The van der Waals surface area contributed by atoms with Crippen LogP contribution in [0, 0.1) is 0 Å². The zero-order chi connectivity index (χ0) is 37.3. The zero-order valence-corrected chi connectivity index (χ0v) is 29.0. The molecule has 1 aliphatic rings. The first-order valence-electron chi connectivity index (χ1n) is 17.4. The molecule has 0 saturated carbocycles. The molecule has 13 nitrogen and oxygen atoms in total. The van der Waals surface area contributed by atoms with Crippen molar-refractivity contribution in [1.82, 2.24) is 25.1 Å². The lowest BCUT2D eigenvalue weighted by molar-refractivity contribution is -0.141. The van der Waals surface area contributed by atoms with Crippen LogP contribution in [0.4, 0.5) is 5.69 Å². The fourth-order valence-electron chi connectivity index (χ4n) is 6.45. The third-order valence-electron chi connectivity index (χ3n) is 9.15. The Morgan fingerprint density at radius 2 is 1.62 bits per heavy atom. The molecule has 1 atom stereocenters. The molecule has 1 aliphatic heterocycles. The van der Waals surface area contributed by atoms with Crippen molar-refractivity contribution in [3.05, 3.63) is 131 Å². The number of aromatic nitrogens is 2. The van der Waals surface area contributed by atoms with Gasteiger partial charge in [0.1, 0.15) is 11.9 Å². The predicted molar refractivity (Wildman–Crippen MR) is 197 cm³/mol. The van der Waals surface area contributed by atoms with Gasteiger partial charge in [-0.3, -0.25) is 19.2 Å². The second-order valence-corrected chi connectivity index (χ2v) is 12.9. The molecule has 1 unspecified atom stereocenters. The van der Waals surface area contributed by atoms with E-state index in [0.29, 0.717) is 55.0 Å². The number of unbranched alkanes of at least 4 members (excludes halogenated alkanes) is 1. The maximum atomic E-state index is 14.2. The Kier molecular flexibility index (Phi) is 11.4. The topological polar surface area (TPSA) is 185 Å². The summed E-state index contributed by atoms with van der Waals surface area (Å²) in [6, 6.07) is 27.5. The van der Waals surface area contributed by atoms with Gasteiger partial charge in [0.15, 0.2) is 0 Å². The van der Waals surface area contributed by atoms with Gasteiger partial charge in [-0.15, -0.1) is 0 Å². The molecular weight excluding hydrogens is 676 g/mol. The molecule has 0 spiro atoms. The summed E-state index contributed by atoms with van der Waals surface area (Å²) in [5.41, 5.74) is 4.33. The number of carbonyl (C=O) groups is 5.